The molecule has 0 aliphatic carbocycles. The molecule has 1 unspecified atom stereocenters. The highest BCUT2D eigenvalue weighted by Gasteiger charge is 2.31. The van der Waals surface area contributed by atoms with Crippen molar-refractivity contribution in [3.8, 4) is 0 Å². The Kier molecular flexibility index (Phi) is 5.75. The van der Waals surface area contributed by atoms with Gasteiger partial charge in [0.25, 0.3) is 0 Å². The molecule has 1 rings (SSSR count). The average Bonchev–Trinajstić information content (AvgIpc) is 2.36. The third-order valence-electron chi connectivity index (χ3n) is 3.00. The normalized spacial score (nSPS) is 14.2. The van der Waals surface area contributed by atoms with E-state index in [0.717, 1.165) is 6.07 Å². The van der Waals surface area contributed by atoms with Crippen molar-refractivity contribution in [2.45, 2.75) is 32.0 Å². The topological polar surface area (TPSA) is 54.4 Å². The van der Waals surface area contributed by atoms with E-state index in [1.807, 2.05) is 0 Å². The molecule has 120 valence electrons. The van der Waals surface area contributed by atoms with Gasteiger partial charge in [0.15, 0.2) is 0 Å². The number of halogens is 4. The summed E-state index contributed by atoms with van der Waals surface area (Å²) in [6.45, 7) is 1.48. The number of benzene rings is 1. The van der Waals surface area contributed by atoms with Crippen molar-refractivity contribution < 1.29 is 31.1 Å². The van der Waals surface area contributed by atoms with Gasteiger partial charge >= 0.3 is 6.18 Å². The summed E-state index contributed by atoms with van der Waals surface area (Å²) in [5, 5.41) is 9.78. The standard InChI is InChI=1S/C13H16F4O3S/c1-2-21(19,20)5-3-4-12(18)9-6-10(13(15,16)17)8-11(14)7-9/h6-8,12,18H,2-5H2,1H3. The maximum Gasteiger partial charge on any atom is 0.416 e. The molecule has 0 spiro atoms. The smallest absolute Gasteiger partial charge is 0.388 e. The summed E-state index contributed by atoms with van der Waals surface area (Å²) in [6, 6.07) is 1.83. The van der Waals surface area contributed by atoms with Gasteiger partial charge in [-0.25, -0.2) is 12.8 Å². The summed E-state index contributed by atoms with van der Waals surface area (Å²) in [5.41, 5.74) is -1.39. The third-order valence-corrected chi connectivity index (χ3v) is 4.80. The Balaban J connectivity index is 2.79. The molecule has 8 heteroatoms. The van der Waals surface area contributed by atoms with Crippen LogP contribution in [0.2, 0.25) is 0 Å². The number of sulfone groups is 1. The molecule has 0 saturated heterocycles. The van der Waals surface area contributed by atoms with E-state index in [-0.39, 0.29) is 29.9 Å². The molecular weight excluding hydrogens is 312 g/mol. The number of aliphatic hydroxyl groups excluding tert-OH is 1. The zero-order valence-corrected chi connectivity index (χ0v) is 12.1. The van der Waals surface area contributed by atoms with E-state index in [1.165, 1.54) is 6.92 Å². The molecule has 0 aromatic heterocycles. The highest BCUT2D eigenvalue weighted by molar-refractivity contribution is 7.91. The van der Waals surface area contributed by atoms with Crippen LogP contribution in [-0.2, 0) is 16.0 Å². The fraction of sp³-hybridized carbons (Fsp3) is 0.538. The molecular formula is C13H16F4O3S. The van der Waals surface area contributed by atoms with E-state index >= 15 is 0 Å². The molecule has 0 aliphatic heterocycles. The molecule has 1 aromatic carbocycles. The minimum atomic E-state index is -4.71. The lowest BCUT2D eigenvalue weighted by Crippen LogP contribution is -2.11. The summed E-state index contributed by atoms with van der Waals surface area (Å²) in [4.78, 5) is 0. The largest absolute Gasteiger partial charge is 0.416 e. The van der Waals surface area contributed by atoms with Crippen LogP contribution in [0.4, 0.5) is 17.6 Å². The summed E-state index contributed by atoms with van der Waals surface area (Å²) in [5.74, 6) is -1.30. The lowest BCUT2D eigenvalue weighted by atomic mass is 10.0. The number of alkyl halides is 3. The van der Waals surface area contributed by atoms with E-state index in [9.17, 15) is 31.1 Å². The number of aliphatic hydroxyl groups is 1. The van der Waals surface area contributed by atoms with Crippen molar-refractivity contribution in [1.29, 1.82) is 0 Å². The molecule has 0 fully saturated rings. The maximum atomic E-state index is 13.2. The summed E-state index contributed by atoms with van der Waals surface area (Å²) < 4.78 is 73.3. The van der Waals surface area contributed by atoms with Crippen molar-refractivity contribution in [3.05, 3.63) is 35.1 Å². The number of rotatable bonds is 6. The van der Waals surface area contributed by atoms with Gasteiger partial charge in [0.2, 0.25) is 0 Å². The quantitative estimate of drug-likeness (QED) is 0.817. The van der Waals surface area contributed by atoms with Gasteiger partial charge in [0, 0.05) is 5.75 Å². The molecule has 3 nitrogen and oxygen atoms in total. The van der Waals surface area contributed by atoms with Crippen LogP contribution < -0.4 is 0 Å². The van der Waals surface area contributed by atoms with Gasteiger partial charge in [0.1, 0.15) is 15.7 Å². The summed E-state index contributed by atoms with van der Waals surface area (Å²) in [6.07, 6.45) is -6.01. The minimum absolute atomic E-state index is 0.0404. The van der Waals surface area contributed by atoms with Crippen LogP contribution >= 0.6 is 0 Å². The Morgan fingerprint density at radius 1 is 1.24 bits per heavy atom. The molecule has 1 atom stereocenters. The molecule has 0 bridgehead atoms. The average molecular weight is 328 g/mol. The third kappa shape index (κ3) is 5.62. The Hall–Kier alpha value is -1.15. The lowest BCUT2D eigenvalue weighted by molar-refractivity contribution is -0.137. The van der Waals surface area contributed by atoms with Gasteiger partial charge in [-0.05, 0) is 36.6 Å². The van der Waals surface area contributed by atoms with E-state index < -0.39 is 33.5 Å². The van der Waals surface area contributed by atoms with Crippen LogP contribution in [-0.4, -0.2) is 25.0 Å². The van der Waals surface area contributed by atoms with Crippen LogP contribution in [0.15, 0.2) is 18.2 Å². The number of hydrogen-bond acceptors (Lipinski definition) is 3. The SMILES string of the molecule is CCS(=O)(=O)CCCC(O)c1cc(F)cc(C(F)(F)F)c1. The van der Waals surface area contributed by atoms with Gasteiger partial charge in [-0.15, -0.1) is 0 Å². The molecule has 0 saturated carbocycles. The van der Waals surface area contributed by atoms with Gasteiger partial charge in [-0.3, -0.25) is 0 Å². The Labute approximate surface area is 120 Å². The van der Waals surface area contributed by atoms with Crippen LogP contribution in [0.25, 0.3) is 0 Å². The van der Waals surface area contributed by atoms with E-state index in [1.54, 1.807) is 0 Å². The molecule has 0 amide bonds. The van der Waals surface area contributed by atoms with Crippen molar-refractivity contribution >= 4 is 9.84 Å². The second-order valence-electron chi connectivity index (χ2n) is 4.67. The highest BCUT2D eigenvalue weighted by atomic mass is 32.2. The molecule has 0 radical (unpaired) electrons. The molecule has 1 aromatic rings. The first-order chi connectivity index (χ1) is 9.55. The minimum Gasteiger partial charge on any atom is -0.388 e. The highest BCUT2D eigenvalue weighted by Crippen LogP contribution is 2.32. The second kappa shape index (κ2) is 6.74. The lowest BCUT2D eigenvalue weighted by Gasteiger charge is -2.14. The monoisotopic (exact) mass is 328 g/mol. The first kappa shape index (κ1) is 17.9. The first-order valence-electron chi connectivity index (χ1n) is 6.31. The zero-order valence-electron chi connectivity index (χ0n) is 11.3. The fourth-order valence-corrected chi connectivity index (χ4v) is 2.67. The van der Waals surface area contributed by atoms with Gasteiger partial charge in [-0.2, -0.15) is 13.2 Å². The van der Waals surface area contributed by atoms with Gasteiger partial charge in [-0.1, -0.05) is 6.92 Å². The number of hydrogen-bond donors (Lipinski definition) is 1. The van der Waals surface area contributed by atoms with Crippen molar-refractivity contribution in [3.63, 3.8) is 0 Å². The van der Waals surface area contributed by atoms with Crippen molar-refractivity contribution in [2.75, 3.05) is 11.5 Å². The van der Waals surface area contributed by atoms with Crippen molar-refractivity contribution in [1.82, 2.24) is 0 Å². The van der Waals surface area contributed by atoms with Gasteiger partial charge < -0.3 is 5.11 Å². The van der Waals surface area contributed by atoms with E-state index in [2.05, 4.69) is 0 Å². The fourth-order valence-electron chi connectivity index (χ4n) is 1.78. The maximum absolute atomic E-state index is 13.2. The predicted octanol–water partition coefficient (Wildman–Crippen LogP) is 3.09. The molecule has 21 heavy (non-hydrogen) atoms. The van der Waals surface area contributed by atoms with Crippen LogP contribution in [0.3, 0.4) is 0 Å². The van der Waals surface area contributed by atoms with E-state index in [4.69, 9.17) is 0 Å². The molecule has 0 aliphatic rings. The predicted molar refractivity (Wildman–Crippen MR) is 69.9 cm³/mol. The van der Waals surface area contributed by atoms with Crippen LogP contribution in [0, 0.1) is 5.82 Å². The Morgan fingerprint density at radius 3 is 2.38 bits per heavy atom. The van der Waals surface area contributed by atoms with Gasteiger partial charge in [0.05, 0.1) is 17.4 Å². The molecule has 1 N–H and O–H groups in total. The van der Waals surface area contributed by atoms with E-state index in [0.29, 0.717) is 12.1 Å². The Bertz CT molecular complexity index is 582. The van der Waals surface area contributed by atoms with Crippen LogP contribution in [0.5, 0.6) is 0 Å². The summed E-state index contributed by atoms with van der Waals surface area (Å²) in [7, 11) is -3.20. The first-order valence-corrected chi connectivity index (χ1v) is 8.13. The van der Waals surface area contributed by atoms with Crippen molar-refractivity contribution in [2.24, 2.45) is 0 Å². The Morgan fingerprint density at radius 2 is 1.86 bits per heavy atom. The molecule has 0 heterocycles. The second-order valence-corrected chi connectivity index (χ2v) is 7.14. The van der Waals surface area contributed by atoms with Crippen LogP contribution in [0.1, 0.15) is 37.0 Å². The summed E-state index contributed by atoms with van der Waals surface area (Å²) >= 11 is 0. The zero-order chi connectivity index (χ0) is 16.3.